The summed E-state index contributed by atoms with van der Waals surface area (Å²) in [5, 5.41) is 11.0. The molecular weight excluding hydrogens is 284 g/mol. The summed E-state index contributed by atoms with van der Waals surface area (Å²) in [6.45, 7) is 4.17. The molecule has 1 fully saturated rings. The van der Waals surface area contributed by atoms with E-state index in [2.05, 4.69) is 25.5 Å². The minimum absolute atomic E-state index is 0.118. The average molecular weight is 304 g/mol. The Labute approximate surface area is 128 Å². The van der Waals surface area contributed by atoms with Crippen molar-refractivity contribution < 1.29 is 9.32 Å². The smallest absolute Gasteiger partial charge is 0.272 e. The van der Waals surface area contributed by atoms with Gasteiger partial charge in [0.1, 0.15) is 5.69 Å². The summed E-state index contributed by atoms with van der Waals surface area (Å²) in [7, 11) is 1.80. The summed E-state index contributed by atoms with van der Waals surface area (Å²) in [5.74, 6) is 1.14. The first kappa shape index (κ1) is 14.7. The van der Waals surface area contributed by atoms with Crippen molar-refractivity contribution in [3.63, 3.8) is 0 Å². The molecule has 8 nitrogen and oxygen atoms in total. The molecule has 8 heteroatoms. The van der Waals surface area contributed by atoms with Gasteiger partial charge in [-0.3, -0.25) is 14.4 Å². The fourth-order valence-electron chi connectivity index (χ4n) is 2.71. The molecule has 22 heavy (non-hydrogen) atoms. The quantitative estimate of drug-likeness (QED) is 0.885. The van der Waals surface area contributed by atoms with Crippen molar-refractivity contribution >= 4 is 5.91 Å². The Morgan fingerprint density at radius 3 is 3.09 bits per heavy atom. The highest BCUT2D eigenvalue weighted by atomic mass is 16.5. The minimum Gasteiger partial charge on any atom is -0.347 e. The standard InChI is InChI=1S/C14H20N6O2/c1-10-15-13(22-18-10)9-20-6-3-4-11(8-20)16-14(21)12-5-7-19(2)17-12/h5,7,11H,3-4,6,8-9H2,1-2H3,(H,16,21). The lowest BCUT2D eigenvalue weighted by Crippen LogP contribution is -2.47. The third-order valence-electron chi connectivity index (χ3n) is 3.72. The highest BCUT2D eigenvalue weighted by Gasteiger charge is 2.23. The number of aromatic nitrogens is 4. The summed E-state index contributed by atoms with van der Waals surface area (Å²) in [5.41, 5.74) is 0.451. The topological polar surface area (TPSA) is 89.1 Å². The molecular formula is C14H20N6O2. The summed E-state index contributed by atoms with van der Waals surface area (Å²) >= 11 is 0. The maximum atomic E-state index is 12.1. The van der Waals surface area contributed by atoms with Crippen LogP contribution < -0.4 is 5.32 Å². The zero-order chi connectivity index (χ0) is 15.5. The first-order valence-corrected chi connectivity index (χ1v) is 7.42. The molecule has 3 rings (SSSR count). The van der Waals surface area contributed by atoms with Crippen LogP contribution in [0, 0.1) is 6.92 Å². The summed E-state index contributed by atoms with van der Waals surface area (Å²) in [6, 6.07) is 1.84. The highest BCUT2D eigenvalue weighted by molar-refractivity contribution is 5.92. The number of carbonyl (C=O) groups excluding carboxylic acids is 1. The third kappa shape index (κ3) is 3.51. The molecule has 1 amide bonds. The number of carbonyl (C=O) groups is 1. The van der Waals surface area contributed by atoms with Crippen LogP contribution in [0.15, 0.2) is 16.8 Å². The second kappa shape index (κ2) is 6.27. The first-order chi connectivity index (χ1) is 10.6. The van der Waals surface area contributed by atoms with Crippen LogP contribution in [-0.4, -0.2) is 49.9 Å². The van der Waals surface area contributed by atoms with Crippen LogP contribution in [0.5, 0.6) is 0 Å². The number of hydrogen-bond donors (Lipinski definition) is 1. The largest absolute Gasteiger partial charge is 0.347 e. The Hall–Kier alpha value is -2.22. The summed E-state index contributed by atoms with van der Waals surface area (Å²) in [6.07, 6.45) is 3.76. The van der Waals surface area contributed by atoms with Gasteiger partial charge in [-0.15, -0.1) is 0 Å². The zero-order valence-electron chi connectivity index (χ0n) is 12.8. The molecule has 2 aromatic rings. The second-order valence-electron chi connectivity index (χ2n) is 5.66. The van der Waals surface area contributed by atoms with E-state index in [0.717, 1.165) is 25.9 Å². The molecule has 0 aromatic carbocycles. The van der Waals surface area contributed by atoms with E-state index in [-0.39, 0.29) is 11.9 Å². The summed E-state index contributed by atoms with van der Waals surface area (Å²) in [4.78, 5) is 18.6. The maximum absolute atomic E-state index is 12.1. The van der Waals surface area contributed by atoms with Crippen molar-refractivity contribution in [2.75, 3.05) is 13.1 Å². The normalized spacial score (nSPS) is 19.3. The van der Waals surface area contributed by atoms with E-state index in [0.29, 0.717) is 24.0 Å². The van der Waals surface area contributed by atoms with E-state index in [4.69, 9.17) is 4.52 Å². The van der Waals surface area contributed by atoms with Gasteiger partial charge in [0.15, 0.2) is 5.82 Å². The number of hydrogen-bond acceptors (Lipinski definition) is 6. The SMILES string of the molecule is Cc1noc(CN2CCCC(NC(=O)c3ccn(C)n3)C2)n1. The predicted octanol–water partition coefficient (Wildman–Crippen LogP) is 0.506. The van der Waals surface area contributed by atoms with Gasteiger partial charge in [-0.2, -0.15) is 10.1 Å². The van der Waals surface area contributed by atoms with Crippen molar-refractivity contribution in [1.29, 1.82) is 0 Å². The molecule has 1 aliphatic rings. The van der Waals surface area contributed by atoms with Crippen molar-refractivity contribution in [2.45, 2.75) is 32.4 Å². The van der Waals surface area contributed by atoms with Gasteiger partial charge in [-0.1, -0.05) is 5.16 Å². The molecule has 0 saturated carbocycles. The molecule has 0 bridgehead atoms. The van der Waals surface area contributed by atoms with Crippen LogP contribution in [0.3, 0.4) is 0 Å². The molecule has 3 heterocycles. The molecule has 1 atom stereocenters. The third-order valence-corrected chi connectivity index (χ3v) is 3.72. The number of nitrogens with one attached hydrogen (secondary N) is 1. The molecule has 0 radical (unpaired) electrons. The van der Waals surface area contributed by atoms with Crippen molar-refractivity contribution in [2.24, 2.45) is 7.05 Å². The predicted molar refractivity (Wildman–Crippen MR) is 78.0 cm³/mol. The number of aryl methyl sites for hydroxylation is 2. The Kier molecular flexibility index (Phi) is 4.19. The van der Waals surface area contributed by atoms with E-state index >= 15 is 0 Å². The van der Waals surface area contributed by atoms with Gasteiger partial charge in [-0.05, 0) is 32.4 Å². The minimum atomic E-state index is -0.124. The fourth-order valence-corrected chi connectivity index (χ4v) is 2.71. The lowest BCUT2D eigenvalue weighted by Gasteiger charge is -2.31. The molecule has 0 spiro atoms. The van der Waals surface area contributed by atoms with Crippen LogP contribution in [0.1, 0.15) is 35.0 Å². The van der Waals surface area contributed by atoms with E-state index in [1.807, 2.05) is 0 Å². The van der Waals surface area contributed by atoms with Gasteiger partial charge in [0.05, 0.1) is 6.54 Å². The lowest BCUT2D eigenvalue weighted by molar-refractivity contribution is 0.0889. The van der Waals surface area contributed by atoms with Gasteiger partial charge in [-0.25, -0.2) is 0 Å². The van der Waals surface area contributed by atoms with Gasteiger partial charge in [0, 0.05) is 25.8 Å². The van der Waals surface area contributed by atoms with E-state index < -0.39 is 0 Å². The van der Waals surface area contributed by atoms with Crippen LogP contribution in [0.25, 0.3) is 0 Å². The Balaban J connectivity index is 1.55. The monoisotopic (exact) mass is 304 g/mol. The Bertz CT molecular complexity index is 649. The van der Waals surface area contributed by atoms with Crippen molar-refractivity contribution in [3.8, 4) is 0 Å². The van der Waals surface area contributed by atoms with Gasteiger partial charge < -0.3 is 9.84 Å². The van der Waals surface area contributed by atoms with E-state index in [9.17, 15) is 4.79 Å². The lowest BCUT2D eigenvalue weighted by atomic mass is 10.1. The number of likely N-dealkylation sites (tertiary alicyclic amines) is 1. The number of piperidine rings is 1. The Morgan fingerprint density at radius 1 is 1.55 bits per heavy atom. The molecule has 1 N–H and O–H groups in total. The van der Waals surface area contributed by atoms with Crippen LogP contribution >= 0.6 is 0 Å². The maximum Gasteiger partial charge on any atom is 0.272 e. The van der Waals surface area contributed by atoms with Crippen LogP contribution in [0.4, 0.5) is 0 Å². The van der Waals surface area contributed by atoms with Gasteiger partial charge in [0.25, 0.3) is 5.91 Å². The molecule has 1 aliphatic heterocycles. The zero-order valence-corrected chi connectivity index (χ0v) is 12.8. The second-order valence-corrected chi connectivity index (χ2v) is 5.66. The van der Waals surface area contributed by atoms with Crippen LogP contribution in [0.2, 0.25) is 0 Å². The number of nitrogens with zero attached hydrogens (tertiary/aromatic N) is 5. The van der Waals surface area contributed by atoms with Crippen LogP contribution in [-0.2, 0) is 13.6 Å². The van der Waals surface area contributed by atoms with Gasteiger partial charge in [0.2, 0.25) is 5.89 Å². The van der Waals surface area contributed by atoms with Crippen molar-refractivity contribution in [3.05, 3.63) is 29.7 Å². The average Bonchev–Trinajstić information content (AvgIpc) is 3.08. The first-order valence-electron chi connectivity index (χ1n) is 7.42. The molecule has 1 saturated heterocycles. The summed E-state index contributed by atoms with van der Waals surface area (Å²) < 4.78 is 6.78. The molecule has 118 valence electrons. The number of amides is 1. The molecule has 1 unspecified atom stereocenters. The fraction of sp³-hybridized carbons (Fsp3) is 0.571. The Morgan fingerprint density at radius 2 is 2.41 bits per heavy atom. The van der Waals surface area contributed by atoms with E-state index in [1.54, 1.807) is 30.9 Å². The van der Waals surface area contributed by atoms with Crippen molar-refractivity contribution in [1.82, 2.24) is 30.1 Å². The highest BCUT2D eigenvalue weighted by Crippen LogP contribution is 2.13. The van der Waals surface area contributed by atoms with E-state index in [1.165, 1.54) is 0 Å². The number of rotatable bonds is 4. The molecule has 2 aromatic heterocycles. The van der Waals surface area contributed by atoms with Gasteiger partial charge >= 0.3 is 0 Å². The molecule has 0 aliphatic carbocycles.